The van der Waals surface area contributed by atoms with E-state index in [1.807, 2.05) is 39.8 Å². The van der Waals surface area contributed by atoms with Gasteiger partial charge in [0.1, 0.15) is 17.5 Å². The van der Waals surface area contributed by atoms with E-state index in [1.54, 1.807) is 6.07 Å². The van der Waals surface area contributed by atoms with Crippen LogP contribution in [-0.4, -0.2) is 23.8 Å². The molecule has 5 heteroatoms. The van der Waals surface area contributed by atoms with Crippen LogP contribution in [0.4, 0.5) is 4.79 Å². The summed E-state index contributed by atoms with van der Waals surface area (Å²) in [6.07, 6.45) is -0.487. The number of ether oxygens (including phenoxy) is 2. The van der Waals surface area contributed by atoms with Crippen molar-refractivity contribution in [1.82, 2.24) is 5.32 Å². The standard InChI is InChI=1S/C21H30N2O3/c1-13-11-15(10-9-14(13)12-22)25-17-20(5,6)16(21(17,7)8)23-18(24)26-19(2,3)4/h9-11,16-17H,1-8H3,(H,23,24). The number of hydrogen-bond acceptors (Lipinski definition) is 4. The van der Waals surface area contributed by atoms with Crippen LogP contribution in [0.1, 0.15) is 59.6 Å². The second-order valence-electron chi connectivity index (χ2n) is 9.31. The first-order valence-electron chi connectivity index (χ1n) is 8.96. The van der Waals surface area contributed by atoms with Crippen LogP contribution in [0.3, 0.4) is 0 Å². The first kappa shape index (κ1) is 20.1. The molecule has 1 aromatic carbocycles. The van der Waals surface area contributed by atoms with Gasteiger partial charge in [-0.05, 0) is 51.5 Å². The van der Waals surface area contributed by atoms with Gasteiger partial charge in [-0.15, -0.1) is 0 Å². The third-order valence-corrected chi connectivity index (χ3v) is 5.07. The fourth-order valence-electron chi connectivity index (χ4n) is 4.20. The van der Waals surface area contributed by atoms with Crippen molar-refractivity contribution in [2.24, 2.45) is 10.8 Å². The molecule has 0 heterocycles. The lowest BCUT2D eigenvalue weighted by Gasteiger charge is -2.62. The number of benzene rings is 1. The van der Waals surface area contributed by atoms with Crippen molar-refractivity contribution >= 4 is 6.09 Å². The molecule has 0 radical (unpaired) electrons. The van der Waals surface area contributed by atoms with Gasteiger partial charge in [-0.1, -0.05) is 27.7 Å². The Morgan fingerprint density at radius 2 is 1.77 bits per heavy atom. The van der Waals surface area contributed by atoms with Crippen LogP contribution in [0.25, 0.3) is 0 Å². The van der Waals surface area contributed by atoms with Gasteiger partial charge in [0.25, 0.3) is 0 Å². The maximum absolute atomic E-state index is 12.2. The van der Waals surface area contributed by atoms with Gasteiger partial charge in [-0.2, -0.15) is 5.26 Å². The van der Waals surface area contributed by atoms with Crippen LogP contribution in [-0.2, 0) is 4.74 Å². The van der Waals surface area contributed by atoms with Crippen LogP contribution in [0.5, 0.6) is 5.75 Å². The largest absolute Gasteiger partial charge is 0.489 e. The molecule has 0 spiro atoms. The van der Waals surface area contributed by atoms with Gasteiger partial charge in [-0.25, -0.2) is 4.79 Å². The second-order valence-corrected chi connectivity index (χ2v) is 9.31. The number of carbonyl (C=O) groups is 1. The van der Waals surface area contributed by atoms with Crippen LogP contribution in [0, 0.1) is 29.1 Å². The Morgan fingerprint density at radius 1 is 1.19 bits per heavy atom. The predicted octanol–water partition coefficient (Wildman–Crippen LogP) is 4.57. The molecule has 0 bridgehead atoms. The monoisotopic (exact) mass is 358 g/mol. The molecule has 1 aliphatic carbocycles. The van der Waals surface area contributed by atoms with Gasteiger partial charge in [0.05, 0.1) is 11.6 Å². The van der Waals surface area contributed by atoms with Gasteiger partial charge in [0, 0.05) is 16.9 Å². The Labute approximate surface area is 156 Å². The molecule has 0 atom stereocenters. The third-order valence-electron chi connectivity index (χ3n) is 5.07. The van der Waals surface area contributed by atoms with Crippen molar-refractivity contribution in [1.29, 1.82) is 5.26 Å². The van der Waals surface area contributed by atoms with Crippen molar-refractivity contribution < 1.29 is 14.3 Å². The van der Waals surface area contributed by atoms with Crippen molar-refractivity contribution in [3.63, 3.8) is 0 Å². The summed E-state index contributed by atoms with van der Waals surface area (Å²) in [6.45, 7) is 15.8. The Morgan fingerprint density at radius 3 is 2.23 bits per heavy atom. The molecule has 1 N–H and O–H groups in total. The smallest absolute Gasteiger partial charge is 0.407 e. The van der Waals surface area contributed by atoms with E-state index in [-0.39, 0.29) is 23.0 Å². The van der Waals surface area contributed by atoms with Crippen LogP contribution >= 0.6 is 0 Å². The number of nitrogens with one attached hydrogen (secondary N) is 1. The number of nitriles is 1. The Hall–Kier alpha value is -2.22. The van der Waals surface area contributed by atoms with E-state index in [0.29, 0.717) is 5.56 Å². The fourth-order valence-corrected chi connectivity index (χ4v) is 4.20. The van der Waals surface area contributed by atoms with Crippen molar-refractivity contribution in [2.75, 3.05) is 0 Å². The molecule has 1 aliphatic rings. The number of aryl methyl sites for hydroxylation is 1. The van der Waals surface area contributed by atoms with Crippen molar-refractivity contribution in [2.45, 2.75) is 73.1 Å². The van der Waals surface area contributed by atoms with E-state index in [9.17, 15) is 4.79 Å². The highest BCUT2D eigenvalue weighted by molar-refractivity contribution is 5.68. The van der Waals surface area contributed by atoms with Gasteiger partial charge in [-0.3, -0.25) is 0 Å². The average molecular weight is 358 g/mol. The fraction of sp³-hybridized carbons (Fsp3) is 0.619. The molecular weight excluding hydrogens is 328 g/mol. The molecule has 1 aromatic rings. The highest BCUT2D eigenvalue weighted by atomic mass is 16.6. The molecule has 1 amide bonds. The average Bonchev–Trinajstić information content (AvgIpc) is 2.48. The number of alkyl carbamates (subject to hydrolysis) is 1. The molecule has 0 saturated heterocycles. The number of amides is 1. The molecule has 1 fully saturated rings. The SMILES string of the molecule is Cc1cc(OC2C(C)(C)C(NC(=O)OC(C)(C)C)C2(C)C)ccc1C#N. The topological polar surface area (TPSA) is 71.3 Å². The zero-order valence-electron chi connectivity index (χ0n) is 17.1. The number of hydrogen-bond donors (Lipinski definition) is 1. The zero-order valence-corrected chi connectivity index (χ0v) is 17.1. The maximum atomic E-state index is 12.2. The summed E-state index contributed by atoms with van der Waals surface area (Å²) in [7, 11) is 0. The molecule has 2 rings (SSSR count). The molecule has 142 valence electrons. The van der Waals surface area contributed by atoms with Crippen LogP contribution in [0.15, 0.2) is 18.2 Å². The minimum Gasteiger partial charge on any atom is -0.489 e. The highest BCUT2D eigenvalue weighted by Crippen LogP contribution is 2.55. The lowest BCUT2D eigenvalue weighted by Crippen LogP contribution is -2.74. The zero-order chi connectivity index (χ0) is 19.9. The number of carbonyl (C=O) groups excluding carboxylic acids is 1. The van der Waals surface area contributed by atoms with E-state index in [4.69, 9.17) is 14.7 Å². The molecular formula is C21H30N2O3. The lowest BCUT2D eigenvalue weighted by molar-refractivity contribution is -0.166. The quantitative estimate of drug-likeness (QED) is 0.859. The lowest BCUT2D eigenvalue weighted by atomic mass is 9.49. The van der Waals surface area contributed by atoms with E-state index >= 15 is 0 Å². The van der Waals surface area contributed by atoms with Crippen molar-refractivity contribution in [3.8, 4) is 11.8 Å². The summed E-state index contributed by atoms with van der Waals surface area (Å²) in [4.78, 5) is 12.2. The summed E-state index contributed by atoms with van der Waals surface area (Å²) in [6, 6.07) is 7.58. The van der Waals surface area contributed by atoms with Gasteiger partial charge >= 0.3 is 6.09 Å². The first-order chi connectivity index (χ1) is 11.8. The maximum Gasteiger partial charge on any atom is 0.407 e. The van der Waals surface area contributed by atoms with Crippen LogP contribution in [0.2, 0.25) is 0 Å². The Kier molecular flexibility index (Phi) is 5.02. The minimum absolute atomic E-state index is 0.0747. The summed E-state index contributed by atoms with van der Waals surface area (Å²) < 4.78 is 11.7. The van der Waals surface area contributed by atoms with E-state index in [0.717, 1.165) is 11.3 Å². The number of nitrogens with zero attached hydrogens (tertiary/aromatic N) is 1. The Bertz CT molecular complexity index is 723. The summed E-state index contributed by atoms with van der Waals surface area (Å²) in [5.41, 5.74) is 0.486. The molecule has 5 nitrogen and oxygen atoms in total. The first-order valence-corrected chi connectivity index (χ1v) is 8.96. The molecule has 0 aromatic heterocycles. The van der Waals surface area contributed by atoms with Gasteiger partial charge in [0.15, 0.2) is 0 Å². The molecule has 1 saturated carbocycles. The summed E-state index contributed by atoms with van der Waals surface area (Å²) >= 11 is 0. The second kappa shape index (κ2) is 6.50. The van der Waals surface area contributed by atoms with E-state index < -0.39 is 11.7 Å². The van der Waals surface area contributed by atoms with Crippen molar-refractivity contribution in [3.05, 3.63) is 29.3 Å². The minimum atomic E-state index is -0.530. The van der Waals surface area contributed by atoms with E-state index in [2.05, 4.69) is 39.1 Å². The van der Waals surface area contributed by atoms with E-state index in [1.165, 1.54) is 0 Å². The summed E-state index contributed by atoms with van der Waals surface area (Å²) in [5, 5.41) is 12.1. The predicted molar refractivity (Wildman–Crippen MR) is 101 cm³/mol. The molecule has 0 unspecified atom stereocenters. The number of rotatable bonds is 3. The third kappa shape index (κ3) is 3.80. The highest BCUT2D eigenvalue weighted by Gasteiger charge is 2.64. The molecule has 0 aliphatic heterocycles. The summed E-state index contributed by atoms with van der Waals surface area (Å²) in [5.74, 6) is 0.739. The van der Waals surface area contributed by atoms with Gasteiger partial charge < -0.3 is 14.8 Å². The Balaban J connectivity index is 2.14. The normalized spacial score (nSPS) is 23.3. The molecule has 26 heavy (non-hydrogen) atoms. The van der Waals surface area contributed by atoms with Crippen LogP contribution < -0.4 is 10.1 Å². The van der Waals surface area contributed by atoms with Gasteiger partial charge in [0.2, 0.25) is 0 Å².